The second kappa shape index (κ2) is 5.58. The third kappa shape index (κ3) is 2.91. The summed E-state index contributed by atoms with van der Waals surface area (Å²) in [5.41, 5.74) is 1.80. The minimum atomic E-state index is 0.529. The Balaban J connectivity index is 1.95. The summed E-state index contributed by atoms with van der Waals surface area (Å²) in [6, 6.07) is 0. The van der Waals surface area contributed by atoms with E-state index in [1.807, 2.05) is 6.92 Å². The number of aryl methyl sites for hydroxylation is 1. The van der Waals surface area contributed by atoms with Crippen molar-refractivity contribution in [2.24, 2.45) is 0 Å². The quantitative estimate of drug-likeness (QED) is 0.738. The van der Waals surface area contributed by atoms with Gasteiger partial charge in [-0.3, -0.25) is 5.10 Å². The summed E-state index contributed by atoms with van der Waals surface area (Å²) in [5, 5.41) is 18.1. The molecule has 6 nitrogen and oxygen atoms in total. The van der Waals surface area contributed by atoms with Crippen molar-refractivity contribution < 1.29 is 4.42 Å². The van der Waals surface area contributed by atoms with Crippen LogP contribution in [-0.4, -0.2) is 33.5 Å². The molecule has 0 saturated heterocycles. The molecule has 17 heavy (non-hydrogen) atoms. The van der Waals surface area contributed by atoms with E-state index in [4.69, 9.17) is 4.42 Å². The molecule has 0 saturated carbocycles. The fourth-order valence-electron chi connectivity index (χ4n) is 1.53. The summed E-state index contributed by atoms with van der Waals surface area (Å²) < 4.78 is 5.57. The highest BCUT2D eigenvalue weighted by atomic mass is 16.4. The van der Waals surface area contributed by atoms with Gasteiger partial charge in [-0.1, -0.05) is 6.92 Å². The third-order valence-electron chi connectivity index (χ3n) is 2.47. The van der Waals surface area contributed by atoms with Crippen molar-refractivity contribution in [3.8, 4) is 11.5 Å². The first-order chi connectivity index (χ1) is 8.31. The number of aromatic nitrogens is 4. The zero-order chi connectivity index (χ0) is 12.1. The van der Waals surface area contributed by atoms with Crippen LogP contribution in [0.1, 0.15) is 24.9 Å². The summed E-state index contributed by atoms with van der Waals surface area (Å²) in [6.45, 7) is 5.94. The van der Waals surface area contributed by atoms with E-state index >= 15 is 0 Å². The molecule has 0 atom stereocenters. The number of nitrogens with one attached hydrogen (secondary N) is 2. The predicted molar refractivity (Wildman–Crippen MR) is 63.5 cm³/mol. The molecule has 0 spiro atoms. The van der Waals surface area contributed by atoms with Crippen LogP contribution in [-0.2, 0) is 6.42 Å². The molecular weight excluding hydrogens is 218 g/mol. The molecule has 2 heterocycles. The van der Waals surface area contributed by atoms with Crippen LogP contribution >= 0.6 is 0 Å². The highest BCUT2D eigenvalue weighted by molar-refractivity contribution is 5.53. The lowest BCUT2D eigenvalue weighted by Crippen LogP contribution is -2.17. The van der Waals surface area contributed by atoms with E-state index in [0.717, 1.165) is 37.2 Å². The van der Waals surface area contributed by atoms with Crippen LogP contribution in [0.3, 0.4) is 0 Å². The average Bonchev–Trinajstić information content (AvgIpc) is 2.93. The molecule has 0 aromatic carbocycles. The highest BCUT2D eigenvalue weighted by Crippen LogP contribution is 2.19. The predicted octanol–water partition coefficient (Wildman–Crippen LogP) is 1.31. The third-order valence-corrected chi connectivity index (χ3v) is 2.47. The van der Waals surface area contributed by atoms with E-state index in [9.17, 15) is 0 Å². The number of hydrogen-bond acceptors (Lipinski definition) is 5. The fraction of sp³-hybridized carbons (Fsp3) is 0.545. The van der Waals surface area contributed by atoms with Gasteiger partial charge < -0.3 is 9.73 Å². The van der Waals surface area contributed by atoms with Gasteiger partial charge >= 0.3 is 0 Å². The summed E-state index contributed by atoms with van der Waals surface area (Å²) >= 11 is 0. The van der Waals surface area contributed by atoms with E-state index in [1.165, 1.54) is 0 Å². The topological polar surface area (TPSA) is 79.6 Å². The normalized spacial score (nSPS) is 10.9. The van der Waals surface area contributed by atoms with Gasteiger partial charge in [-0.05, 0) is 19.9 Å². The molecule has 0 amide bonds. The molecule has 0 aliphatic carbocycles. The van der Waals surface area contributed by atoms with E-state index in [0.29, 0.717) is 11.8 Å². The number of rotatable bonds is 6. The molecular formula is C11H17N5O. The Kier molecular flexibility index (Phi) is 3.87. The molecule has 2 aromatic heterocycles. The van der Waals surface area contributed by atoms with Crippen LogP contribution in [0.15, 0.2) is 10.6 Å². The lowest BCUT2D eigenvalue weighted by molar-refractivity contribution is 0.494. The summed E-state index contributed by atoms with van der Waals surface area (Å²) in [6.07, 6.45) is 3.58. The van der Waals surface area contributed by atoms with Gasteiger partial charge in [-0.15, -0.1) is 10.2 Å². The Morgan fingerprint density at radius 1 is 1.35 bits per heavy atom. The van der Waals surface area contributed by atoms with Crippen molar-refractivity contribution in [2.45, 2.75) is 26.7 Å². The first-order valence-electron chi connectivity index (χ1n) is 5.84. The van der Waals surface area contributed by atoms with Crippen LogP contribution < -0.4 is 5.32 Å². The van der Waals surface area contributed by atoms with Gasteiger partial charge in [0.2, 0.25) is 5.89 Å². The molecule has 2 N–H and O–H groups in total. The maximum Gasteiger partial charge on any atom is 0.251 e. The minimum Gasteiger partial charge on any atom is -0.421 e. The number of hydrogen-bond donors (Lipinski definition) is 2. The van der Waals surface area contributed by atoms with Crippen LogP contribution in [0, 0.1) is 6.92 Å². The van der Waals surface area contributed by atoms with Crippen molar-refractivity contribution in [2.75, 3.05) is 13.1 Å². The van der Waals surface area contributed by atoms with Gasteiger partial charge in [-0.25, -0.2) is 0 Å². The summed E-state index contributed by atoms with van der Waals surface area (Å²) in [7, 11) is 0. The molecule has 2 aromatic rings. The Morgan fingerprint density at radius 3 is 2.94 bits per heavy atom. The van der Waals surface area contributed by atoms with Crippen LogP contribution in [0.25, 0.3) is 11.5 Å². The Bertz CT molecular complexity index is 462. The first-order valence-corrected chi connectivity index (χ1v) is 5.84. The monoisotopic (exact) mass is 235 g/mol. The SMILES string of the molecule is CCCNCCc1nnc(-c2cn[nH]c2C)o1. The minimum absolute atomic E-state index is 0.529. The standard InChI is InChI=1S/C11H17N5O/c1-3-5-12-6-4-10-15-16-11(17-10)9-7-13-14-8(9)2/h7,12H,3-6H2,1-2H3,(H,13,14). The molecule has 6 heteroatoms. The van der Waals surface area contributed by atoms with E-state index in [1.54, 1.807) is 6.20 Å². The van der Waals surface area contributed by atoms with Crippen LogP contribution in [0.4, 0.5) is 0 Å². The maximum absolute atomic E-state index is 5.57. The second-order valence-corrected chi connectivity index (χ2v) is 3.91. The lowest BCUT2D eigenvalue weighted by atomic mass is 10.3. The maximum atomic E-state index is 5.57. The highest BCUT2D eigenvalue weighted by Gasteiger charge is 2.11. The molecule has 0 unspecified atom stereocenters. The van der Waals surface area contributed by atoms with Crippen molar-refractivity contribution >= 4 is 0 Å². The number of nitrogens with zero attached hydrogens (tertiary/aromatic N) is 3. The molecule has 92 valence electrons. The second-order valence-electron chi connectivity index (χ2n) is 3.91. The lowest BCUT2D eigenvalue weighted by Gasteiger charge is -1.98. The number of aromatic amines is 1. The Hall–Kier alpha value is -1.69. The van der Waals surface area contributed by atoms with Crippen molar-refractivity contribution in [3.05, 3.63) is 17.8 Å². The van der Waals surface area contributed by atoms with Gasteiger partial charge in [-0.2, -0.15) is 5.10 Å². The Labute approximate surface area is 99.8 Å². The zero-order valence-electron chi connectivity index (χ0n) is 10.2. The van der Waals surface area contributed by atoms with E-state index < -0.39 is 0 Å². The van der Waals surface area contributed by atoms with Gasteiger partial charge in [0, 0.05) is 18.7 Å². The fourth-order valence-corrected chi connectivity index (χ4v) is 1.53. The average molecular weight is 235 g/mol. The molecule has 0 aliphatic heterocycles. The molecule has 0 fully saturated rings. The van der Waals surface area contributed by atoms with Crippen molar-refractivity contribution in [3.63, 3.8) is 0 Å². The summed E-state index contributed by atoms with van der Waals surface area (Å²) in [5.74, 6) is 1.19. The van der Waals surface area contributed by atoms with E-state index in [-0.39, 0.29) is 0 Å². The van der Waals surface area contributed by atoms with Gasteiger partial charge in [0.05, 0.1) is 11.8 Å². The zero-order valence-corrected chi connectivity index (χ0v) is 10.2. The van der Waals surface area contributed by atoms with Gasteiger partial charge in [0.15, 0.2) is 0 Å². The largest absolute Gasteiger partial charge is 0.421 e. The summed E-state index contributed by atoms with van der Waals surface area (Å²) in [4.78, 5) is 0. The van der Waals surface area contributed by atoms with Gasteiger partial charge in [0.1, 0.15) is 0 Å². The molecule has 0 aliphatic rings. The molecule has 0 bridgehead atoms. The first kappa shape index (κ1) is 11.8. The number of H-pyrrole nitrogens is 1. The van der Waals surface area contributed by atoms with Crippen molar-refractivity contribution in [1.29, 1.82) is 0 Å². The Morgan fingerprint density at radius 2 is 2.24 bits per heavy atom. The van der Waals surface area contributed by atoms with E-state index in [2.05, 4.69) is 32.6 Å². The van der Waals surface area contributed by atoms with Crippen LogP contribution in [0.2, 0.25) is 0 Å². The van der Waals surface area contributed by atoms with Gasteiger partial charge in [0.25, 0.3) is 5.89 Å². The van der Waals surface area contributed by atoms with Crippen LogP contribution in [0.5, 0.6) is 0 Å². The molecule has 0 radical (unpaired) electrons. The van der Waals surface area contributed by atoms with Crippen molar-refractivity contribution in [1.82, 2.24) is 25.7 Å². The molecule has 2 rings (SSSR count). The smallest absolute Gasteiger partial charge is 0.251 e.